The van der Waals surface area contributed by atoms with E-state index in [0.717, 1.165) is 16.7 Å². The number of H-pyrrole nitrogens is 1. The van der Waals surface area contributed by atoms with Gasteiger partial charge in [0, 0.05) is 29.1 Å². The van der Waals surface area contributed by atoms with E-state index < -0.39 is 29.2 Å². The van der Waals surface area contributed by atoms with E-state index in [4.69, 9.17) is 0 Å². The third-order valence-corrected chi connectivity index (χ3v) is 6.25. The Bertz CT molecular complexity index is 1770. The van der Waals surface area contributed by atoms with Gasteiger partial charge in [0.1, 0.15) is 28.8 Å². The number of hydrogen-bond donors (Lipinski definition) is 3. The minimum Gasteiger partial charge on any atom is -0.340 e. The Hall–Kier alpha value is -5.31. The highest BCUT2D eigenvalue weighted by Gasteiger charge is 2.26. The minimum absolute atomic E-state index is 0.0320. The first-order valence-corrected chi connectivity index (χ1v) is 12.2. The summed E-state index contributed by atoms with van der Waals surface area (Å²) < 4.78 is 15.9. The monoisotopic (exact) mass is 521 g/mol. The van der Waals surface area contributed by atoms with Gasteiger partial charge < -0.3 is 15.6 Å². The number of nitrogens with one attached hydrogen (secondary N) is 3. The van der Waals surface area contributed by atoms with Crippen molar-refractivity contribution in [3.63, 3.8) is 0 Å². The highest BCUT2D eigenvalue weighted by atomic mass is 19.1. The Kier molecular flexibility index (Phi) is 6.88. The van der Waals surface area contributed by atoms with Gasteiger partial charge in [-0.2, -0.15) is 5.10 Å². The van der Waals surface area contributed by atoms with E-state index in [1.165, 1.54) is 41.9 Å². The Balaban J connectivity index is 1.42. The number of aromatic nitrogens is 3. The molecular weight excluding hydrogens is 497 g/mol. The second-order valence-electron chi connectivity index (χ2n) is 8.88. The first-order valence-electron chi connectivity index (χ1n) is 12.2. The molecule has 0 aliphatic carbocycles. The SMILES string of the molecule is C=C(c1ccccc1)c1ccccc1NC(=O)[C@H](C)NC(=O)c1c(-c2ccccc2F)nn2ccc(=O)[nH]c12. The number of benzene rings is 3. The van der Waals surface area contributed by atoms with E-state index >= 15 is 0 Å². The van der Waals surface area contributed by atoms with E-state index in [-0.39, 0.29) is 22.5 Å². The smallest absolute Gasteiger partial charge is 0.257 e. The molecule has 0 aliphatic heterocycles. The molecule has 0 bridgehead atoms. The summed E-state index contributed by atoms with van der Waals surface area (Å²) in [6, 6.07) is 22.9. The van der Waals surface area contributed by atoms with Crippen LogP contribution in [0, 0.1) is 5.82 Å². The Labute approximate surface area is 222 Å². The van der Waals surface area contributed by atoms with Crippen molar-refractivity contribution in [1.29, 1.82) is 0 Å². The number of hydrogen-bond acceptors (Lipinski definition) is 4. The number of carbonyl (C=O) groups excluding carboxylic acids is 2. The second-order valence-corrected chi connectivity index (χ2v) is 8.88. The Morgan fingerprint density at radius 1 is 0.974 bits per heavy atom. The first-order chi connectivity index (χ1) is 18.8. The minimum atomic E-state index is -0.991. The molecule has 9 heteroatoms. The number of halogens is 1. The molecule has 8 nitrogen and oxygen atoms in total. The fourth-order valence-electron chi connectivity index (χ4n) is 4.24. The van der Waals surface area contributed by atoms with E-state index in [1.807, 2.05) is 42.5 Å². The average molecular weight is 522 g/mol. The van der Waals surface area contributed by atoms with Crippen LogP contribution in [0.2, 0.25) is 0 Å². The number of para-hydroxylation sites is 1. The summed E-state index contributed by atoms with van der Waals surface area (Å²) in [5.74, 6) is -1.76. The highest BCUT2D eigenvalue weighted by Crippen LogP contribution is 2.29. The molecule has 2 amide bonds. The van der Waals surface area contributed by atoms with Crippen molar-refractivity contribution in [3.8, 4) is 11.3 Å². The molecule has 0 spiro atoms. The predicted molar refractivity (Wildman–Crippen MR) is 148 cm³/mol. The second kappa shape index (κ2) is 10.6. The van der Waals surface area contributed by atoms with Crippen molar-refractivity contribution in [3.05, 3.63) is 131 Å². The molecule has 0 radical (unpaired) electrons. The van der Waals surface area contributed by atoms with Crippen molar-refractivity contribution in [1.82, 2.24) is 19.9 Å². The number of aromatic amines is 1. The fourth-order valence-corrected chi connectivity index (χ4v) is 4.24. The van der Waals surface area contributed by atoms with Crippen molar-refractivity contribution in [2.75, 3.05) is 5.32 Å². The Morgan fingerprint density at radius 3 is 2.44 bits per heavy atom. The van der Waals surface area contributed by atoms with Gasteiger partial charge in [0.25, 0.3) is 11.5 Å². The predicted octanol–water partition coefficient (Wildman–Crippen LogP) is 4.65. The van der Waals surface area contributed by atoms with Gasteiger partial charge >= 0.3 is 0 Å². The largest absolute Gasteiger partial charge is 0.340 e. The van der Waals surface area contributed by atoms with Crippen molar-refractivity contribution in [2.45, 2.75) is 13.0 Å². The summed E-state index contributed by atoms with van der Waals surface area (Å²) in [6.07, 6.45) is 1.38. The highest BCUT2D eigenvalue weighted by molar-refractivity contribution is 6.08. The summed E-state index contributed by atoms with van der Waals surface area (Å²) >= 11 is 0. The van der Waals surface area contributed by atoms with Gasteiger partial charge in [-0.3, -0.25) is 14.4 Å². The van der Waals surface area contributed by atoms with Crippen LogP contribution in [0.25, 0.3) is 22.5 Å². The molecule has 5 aromatic rings. The van der Waals surface area contributed by atoms with Gasteiger partial charge in [-0.15, -0.1) is 0 Å². The molecule has 5 rings (SSSR count). The number of rotatable bonds is 7. The van der Waals surface area contributed by atoms with Crippen molar-refractivity contribution < 1.29 is 14.0 Å². The molecule has 194 valence electrons. The van der Waals surface area contributed by atoms with Crippen LogP contribution in [0.5, 0.6) is 0 Å². The van der Waals surface area contributed by atoms with Crippen LogP contribution < -0.4 is 16.2 Å². The fraction of sp³-hybridized carbons (Fsp3) is 0.0667. The van der Waals surface area contributed by atoms with Gasteiger partial charge in [0.2, 0.25) is 5.91 Å². The summed E-state index contributed by atoms with van der Waals surface area (Å²) in [7, 11) is 0. The lowest BCUT2D eigenvalue weighted by Gasteiger charge is -2.17. The van der Waals surface area contributed by atoms with Crippen LogP contribution in [-0.2, 0) is 4.79 Å². The molecule has 3 N–H and O–H groups in total. The lowest BCUT2D eigenvalue weighted by molar-refractivity contribution is -0.117. The lowest BCUT2D eigenvalue weighted by Crippen LogP contribution is -2.42. The topological polar surface area (TPSA) is 108 Å². The molecular formula is C30H24FN5O3. The molecule has 2 heterocycles. The Morgan fingerprint density at radius 2 is 1.67 bits per heavy atom. The summed E-state index contributed by atoms with van der Waals surface area (Å²) in [5.41, 5.74) is 2.57. The van der Waals surface area contributed by atoms with Gasteiger partial charge in [-0.05, 0) is 36.3 Å². The summed E-state index contributed by atoms with van der Waals surface area (Å²) in [4.78, 5) is 41.2. The summed E-state index contributed by atoms with van der Waals surface area (Å²) in [6.45, 7) is 5.71. The molecule has 1 atom stereocenters. The molecule has 0 aliphatic rings. The van der Waals surface area contributed by atoms with Crippen LogP contribution >= 0.6 is 0 Å². The zero-order valence-electron chi connectivity index (χ0n) is 20.9. The zero-order chi connectivity index (χ0) is 27.5. The van der Waals surface area contributed by atoms with E-state index in [0.29, 0.717) is 5.69 Å². The van der Waals surface area contributed by atoms with E-state index in [1.54, 1.807) is 18.2 Å². The standard InChI is InChI=1S/C30H24FN5O3/c1-18(20-10-4-3-5-11-20)21-12-7-9-15-24(21)33-29(38)19(2)32-30(39)26-27(22-13-6-8-14-23(22)31)35-36-17-16-25(37)34-28(26)36/h3-17,19H,1H2,2H3,(H,32,39)(H,33,38)(H,34,37)/t19-/m0/s1. The molecule has 0 saturated carbocycles. The average Bonchev–Trinajstić information content (AvgIpc) is 3.32. The summed E-state index contributed by atoms with van der Waals surface area (Å²) in [5, 5.41) is 9.83. The van der Waals surface area contributed by atoms with Crippen LogP contribution in [0.3, 0.4) is 0 Å². The van der Waals surface area contributed by atoms with Crippen LogP contribution in [0.1, 0.15) is 28.4 Å². The quantitative estimate of drug-likeness (QED) is 0.290. The number of fused-ring (bicyclic) bond motifs is 1. The molecule has 0 saturated heterocycles. The molecule has 2 aromatic heterocycles. The van der Waals surface area contributed by atoms with E-state index in [2.05, 4.69) is 27.3 Å². The van der Waals surface area contributed by atoms with Crippen molar-refractivity contribution >= 4 is 28.7 Å². The van der Waals surface area contributed by atoms with Crippen LogP contribution in [0.4, 0.5) is 10.1 Å². The maximum Gasteiger partial charge on any atom is 0.257 e. The number of carbonyl (C=O) groups is 2. The van der Waals surface area contributed by atoms with Gasteiger partial charge in [-0.1, -0.05) is 67.2 Å². The number of anilines is 1. The first kappa shape index (κ1) is 25.3. The van der Waals surface area contributed by atoms with Gasteiger partial charge in [0.05, 0.1) is 0 Å². The third-order valence-electron chi connectivity index (χ3n) is 6.25. The molecule has 0 unspecified atom stereocenters. The number of amides is 2. The van der Waals surface area contributed by atoms with Gasteiger partial charge in [0.15, 0.2) is 0 Å². The molecule has 39 heavy (non-hydrogen) atoms. The van der Waals surface area contributed by atoms with Gasteiger partial charge in [-0.25, -0.2) is 8.91 Å². The maximum atomic E-state index is 14.7. The lowest BCUT2D eigenvalue weighted by atomic mass is 9.98. The maximum absolute atomic E-state index is 14.7. The number of nitrogens with zero attached hydrogens (tertiary/aromatic N) is 2. The third kappa shape index (κ3) is 5.10. The van der Waals surface area contributed by atoms with Crippen LogP contribution in [0.15, 0.2) is 102 Å². The molecule has 3 aromatic carbocycles. The normalized spacial score (nSPS) is 11.6. The molecule has 0 fully saturated rings. The van der Waals surface area contributed by atoms with Crippen molar-refractivity contribution in [2.24, 2.45) is 0 Å². The zero-order valence-corrected chi connectivity index (χ0v) is 20.9. The van der Waals surface area contributed by atoms with E-state index in [9.17, 15) is 18.8 Å². The van der Waals surface area contributed by atoms with Crippen LogP contribution in [-0.4, -0.2) is 32.5 Å².